The normalized spacial score (nSPS) is 20.2. The van der Waals surface area contributed by atoms with Crippen molar-refractivity contribution in [3.63, 3.8) is 0 Å². The summed E-state index contributed by atoms with van der Waals surface area (Å²) >= 11 is 0. The molecule has 0 saturated heterocycles. The van der Waals surface area contributed by atoms with Gasteiger partial charge in [-0.1, -0.05) is 352 Å². The second-order valence-corrected chi connectivity index (χ2v) is 29.9. The van der Waals surface area contributed by atoms with E-state index in [4.69, 9.17) is 24.4 Å². The van der Waals surface area contributed by atoms with Crippen molar-refractivity contribution in [3.8, 4) is 101 Å². The molecule has 0 amide bonds. The first-order chi connectivity index (χ1) is 54.5. The molecule has 6 heteroatoms. The van der Waals surface area contributed by atoms with Crippen LogP contribution in [0.2, 0.25) is 0 Å². The summed E-state index contributed by atoms with van der Waals surface area (Å²) in [5.74, 6) is 4.91. The van der Waals surface area contributed by atoms with Gasteiger partial charge in [0.25, 0.3) is 0 Å². The lowest BCUT2D eigenvalue weighted by Gasteiger charge is -2.43. The van der Waals surface area contributed by atoms with Gasteiger partial charge in [-0.2, -0.15) is 0 Å². The van der Waals surface area contributed by atoms with E-state index in [0.29, 0.717) is 5.82 Å². The third-order valence-corrected chi connectivity index (χ3v) is 24.2. The van der Waals surface area contributed by atoms with Crippen LogP contribution < -0.4 is 14.8 Å². The van der Waals surface area contributed by atoms with Gasteiger partial charge < -0.3 is 14.8 Å². The summed E-state index contributed by atoms with van der Waals surface area (Å²) < 4.78 is 14.3. The van der Waals surface area contributed by atoms with Crippen molar-refractivity contribution in [1.82, 2.24) is 15.3 Å². The number of nitrogens with one attached hydrogen (secondary N) is 1. The quantitative estimate of drug-likeness (QED) is 0.148. The number of allylic oxidation sites excluding steroid dienone is 9. The minimum absolute atomic E-state index is 0.0837. The van der Waals surface area contributed by atoms with Gasteiger partial charge in [-0.25, -0.2) is 9.97 Å². The van der Waals surface area contributed by atoms with E-state index in [2.05, 4.69) is 388 Å². The SMILES string of the molecule is C1=CC2c3ccccc3C3(c4ccccc4Oc4c(-c5ccc(C6N=C(c7ccccc7)C=C(c7ccc(-c8cccc(-c9ccc%10c(c9)C9C=CC=CC9C%109c%10ccccc%10Oc%10c(-c%11ccc(-c%12nc(-c%13ccccc%13)cc(-c%13ccc%14ccccc%14c%13)n%12)cc%11)cccc%109)c8)cc7)N6)cc5)cccc43)C2C=C1. The van der Waals surface area contributed by atoms with E-state index in [1.165, 1.54) is 60.8 Å². The number of benzene rings is 14. The number of para-hydroxylation sites is 4. The Morgan fingerprint density at radius 1 is 0.300 bits per heavy atom. The summed E-state index contributed by atoms with van der Waals surface area (Å²) in [6, 6.07) is 121. The molecule has 1 N–H and O–H groups in total. The molecule has 3 aliphatic heterocycles. The van der Waals surface area contributed by atoms with Gasteiger partial charge in [0.05, 0.1) is 27.9 Å². The van der Waals surface area contributed by atoms with E-state index in [-0.39, 0.29) is 29.8 Å². The largest absolute Gasteiger partial charge is 0.456 e. The molecule has 7 aliphatic rings. The molecule has 110 heavy (non-hydrogen) atoms. The van der Waals surface area contributed by atoms with E-state index in [9.17, 15) is 0 Å². The molecule has 0 radical (unpaired) electrons. The van der Waals surface area contributed by atoms with Gasteiger partial charge in [0.2, 0.25) is 0 Å². The Morgan fingerprint density at radius 3 is 1.45 bits per heavy atom. The highest BCUT2D eigenvalue weighted by Gasteiger charge is 2.59. The van der Waals surface area contributed by atoms with E-state index < -0.39 is 10.8 Å². The molecule has 7 unspecified atom stereocenters. The Labute approximate surface area is 639 Å². The highest BCUT2D eigenvalue weighted by Crippen LogP contribution is 2.68. The summed E-state index contributed by atoms with van der Waals surface area (Å²) in [4.78, 5) is 15.9. The molecule has 15 aromatic rings. The summed E-state index contributed by atoms with van der Waals surface area (Å²) in [6.07, 6.45) is 20.4. The average molecular weight is 1410 g/mol. The zero-order valence-corrected chi connectivity index (χ0v) is 60.0. The second kappa shape index (κ2) is 25.4. The maximum atomic E-state index is 7.24. The predicted octanol–water partition coefficient (Wildman–Crippen LogP) is 25.0. The van der Waals surface area contributed by atoms with Crippen molar-refractivity contribution in [2.75, 3.05) is 0 Å². The summed E-state index contributed by atoms with van der Waals surface area (Å²) in [6.45, 7) is 0. The molecular formula is C104H70N4O2. The molecular weight excluding hydrogens is 1340 g/mol. The molecule has 14 aromatic carbocycles. The lowest BCUT2D eigenvalue weighted by molar-refractivity contribution is 0.375. The van der Waals surface area contributed by atoms with Crippen molar-refractivity contribution < 1.29 is 9.47 Å². The summed E-state index contributed by atoms with van der Waals surface area (Å²) in [7, 11) is 0. The minimum Gasteiger partial charge on any atom is -0.456 e. The van der Waals surface area contributed by atoms with Crippen molar-refractivity contribution >= 4 is 22.2 Å². The molecule has 22 rings (SSSR count). The van der Waals surface area contributed by atoms with Gasteiger partial charge in [-0.15, -0.1) is 0 Å². The molecule has 0 fully saturated rings. The fourth-order valence-electron chi connectivity index (χ4n) is 19.3. The first kappa shape index (κ1) is 63.5. The highest BCUT2D eigenvalue weighted by molar-refractivity contribution is 6.13. The minimum atomic E-state index is -0.550. The maximum Gasteiger partial charge on any atom is 0.160 e. The summed E-state index contributed by atoms with van der Waals surface area (Å²) in [5.41, 5.74) is 27.9. The molecule has 4 aliphatic carbocycles. The van der Waals surface area contributed by atoms with Crippen LogP contribution in [-0.2, 0) is 10.8 Å². The zero-order chi connectivity index (χ0) is 72.4. The number of aliphatic imine (C=N–C) groups is 1. The van der Waals surface area contributed by atoms with Crippen molar-refractivity contribution in [2.45, 2.75) is 28.8 Å². The maximum absolute atomic E-state index is 7.24. The first-order valence-corrected chi connectivity index (χ1v) is 38.2. The summed E-state index contributed by atoms with van der Waals surface area (Å²) in [5, 5.41) is 6.25. The van der Waals surface area contributed by atoms with Crippen LogP contribution in [0.1, 0.15) is 79.2 Å². The molecule has 6 nitrogen and oxygen atoms in total. The van der Waals surface area contributed by atoms with E-state index >= 15 is 0 Å². The molecule has 1 aromatic heterocycles. The van der Waals surface area contributed by atoms with Crippen molar-refractivity contribution in [1.29, 1.82) is 0 Å². The number of hydrogen-bond acceptors (Lipinski definition) is 6. The number of aromatic nitrogens is 2. The fraction of sp³-hybridized carbons (Fsp3) is 0.0673. The molecule has 0 bridgehead atoms. The fourth-order valence-corrected chi connectivity index (χ4v) is 19.3. The molecule has 2 spiro atoms. The third-order valence-electron chi connectivity index (χ3n) is 24.2. The van der Waals surface area contributed by atoms with Gasteiger partial charge in [0.15, 0.2) is 5.82 Å². The van der Waals surface area contributed by atoms with Gasteiger partial charge in [-0.05, 0) is 120 Å². The molecule has 518 valence electrons. The van der Waals surface area contributed by atoms with Crippen LogP contribution in [0.15, 0.2) is 393 Å². The van der Waals surface area contributed by atoms with E-state index in [1.807, 2.05) is 6.07 Å². The number of ether oxygens (including phenoxy) is 2. The van der Waals surface area contributed by atoms with Gasteiger partial charge in [-0.3, -0.25) is 4.99 Å². The topological polar surface area (TPSA) is 68.6 Å². The van der Waals surface area contributed by atoms with Crippen LogP contribution in [0.25, 0.3) is 94.9 Å². The van der Waals surface area contributed by atoms with Gasteiger partial charge in [0.1, 0.15) is 29.2 Å². The van der Waals surface area contributed by atoms with Crippen molar-refractivity contribution in [2.24, 2.45) is 16.8 Å². The average Bonchev–Trinajstić information content (AvgIpc) is 1.49. The highest BCUT2D eigenvalue weighted by atomic mass is 16.5. The standard InChI is InChI=1S/C104H70N4O2/c1-3-23-69(24-4-1)93-63-95(107-101(105-93)72-53-47-67(48-54-72)79-33-20-40-91-99(79)109-97-42-17-15-38-89(97)103(91)85-35-12-9-30-81(85)82-31-10-13-36-86(82)103)71-51-44-66(45-52-71)75-28-19-29-76(60-75)77-58-59-88-84(62-77)83-32-11-14-37-87(83)104(88)90-39-16-18-43-98(90)110-100-80(34-21-41-92(100)104)68-49-55-73(56-50-68)102-106-94(70-25-5-2-6-26-70)64-96(108-102)78-57-46-65-22-7-8-27-74(65)61-78/h1-64,81,83,85,87,101,107H. The van der Waals surface area contributed by atoms with E-state index in [1.54, 1.807) is 0 Å². The lowest BCUT2D eigenvalue weighted by atomic mass is 9.61. The lowest BCUT2D eigenvalue weighted by Crippen LogP contribution is -2.37. The molecule has 0 saturated carbocycles. The number of nitrogens with zero attached hydrogens (tertiary/aromatic N) is 3. The number of rotatable bonds is 10. The monoisotopic (exact) mass is 1410 g/mol. The molecule has 4 heterocycles. The Balaban J connectivity index is 0.562. The predicted molar refractivity (Wildman–Crippen MR) is 446 cm³/mol. The smallest absolute Gasteiger partial charge is 0.160 e. The Morgan fingerprint density at radius 2 is 0.773 bits per heavy atom. The Hall–Kier alpha value is -13.8. The Kier molecular flexibility index (Phi) is 14.7. The number of hydrogen-bond donors (Lipinski definition) is 1. The van der Waals surface area contributed by atoms with Gasteiger partial charge >= 0.3 is 0 Å². The van der Waals surface area contributed by atoms with Crippen molar-refractivity contribution in [3.05, 3.63) is 450 Å². The first-order valence-electron chi connectivity index (χ1n) is 38.2. The van der Waals surface area contributed by atoms with Crippen LogP contribution >= 0.6 is 0 Å². The Bertz CT molecular complexity index is 6470. The molecule has 7 atom stereocenters. The zero-order valence-electron chi connectivity index (χ0n) is 60.0. The van der Waals surface area contributed by atoms with Crippen LogP contribution in [-0.4, -0.2) is 15.7 Å². The van der Waals surface area contributed by atoms with E-state index in [0.717, 1.165) is 118 Å². The number of fused-ring (bicyclic) bond motifs is 19. The van der Waals surface area contributed by atoms with Crippen LogP contribution in [0, 0.1) is 11.8 Å². The van der Waals surface area contributed by atoms with Crippen LogP contribution in [0.4, 0.5) is 0 Å². The van der Waals surface area contributed by atoms with Crippen LogP contribution in [0.5, 0.6) is 23.0 Å². The second-order valence-electron chi connectivity index (χ2n) is 29.9. The van der Waals surface area contributed by atoms with Gasteiger partial charge in [0, 0.05) is 79.4 Å². The van der Waals surface area contributed by atoms with Crippen LogP contribution in [0.3, 0.4) is 0 Å². The third kappa shape index (κ3) is 9.99.